The number of nitro benzene ring substituents is 1. The third-order valence-electron chi connectivity index (χ3n) is 6.25. The van der Waals surface area contributed by atoms with Crippen molar-refractivity contribution in [2.45, 2.75) is 25.9 Å². The number of hydrogen-bond acceptors (Lipinski definition) is 10. The number of nitrogens with zero attached hydrogens (tertiary/aromatic N) is 1. The van der Waals surface area contributed by atoms with Gasteiger partial charge in [-0.2, -0.15) is 0 Å². The Morgan fingerprint density at radius 2 is 1.79 bits per heavy atom. The molecule has 2 aromatic carbocycles. The van der Waals surface area contributed by atoms with Crippen molar-refractivity contribution in [3.05, 3.63) is 86.7 Å². The Morgan fingerprint density at radius 1 is 1.08 bits per heavy atom. The molecular formula is C27H29N3O8. The van der Waals surface area contributed by atoms with Crippen LogP contribution in [0, 0.1) is 10.1 Å². The predicted octanol–water partition coefficient (Wildman–Crippen LogP) is 2.98. The third kappa shape index (κ3) is 5.78. The lowest BCUT2D eigenvalue weighted by Gasteiger charge is -2.30. The maximum Gasteiger partial charge on any atom is 0.336 e. The largest absolute Gasteiger partial charge is 0.486 e. The molecule has 0 spiro atoms. The van der Waals surface area contributed by atoms with E-state index in [4.69, 9.17) is 18.9 Å². The van der Waals surface area contributed by atoms with Gasteiger partial charge in [0.15, 0.2) is 11.5 Å². The number of para-hydroxylation sites is 2. The number of esters is 2. The average Bonchev–Trinajstić information content (AvgIpc) is 2.91. The van der Waals surface area contributed by atoms with Crippen LogP contribution in [0.3, 0.4) is 0 Å². The van der Waals surface area contributed by atoms with Gasteiger partial charge < -0.3 is 29.6 Å². The second-order valence-corrected chi connectivity index (χ2v) is 8.82. The highest BCUT2D eigenvalue weighted by Gasteiger charge is 2.38. The van der Waals surface area contributed by atoms with E-state index in [1.165, 1.54) is 25.3 Å². The summed E-state index contributed by atoms with van der Waals surface area (Å²) in [6.45, 7) is 4.66. The number of dihydropyridines is 1. The Kier molecular flexibility index (Phi) is 8.27. The fraction of sp³-hybridized carbons (Fsp3) is 0.333. The van der Waals surface area contributed by atoms with E-state index in [0.29, 0.717) is 48.2 Å². The molecule has 2 aromatic rings. The summed E-state index contributed by atoms with van der Waals surface area (Å²) < 4.78 is 22.1. The lowest BCUT2D eigenvalue weighted by atomic mass is 9.80. The zero-order chi connectivity index (χ0) is 27.2. The van der Waals surface area contributed by atoms with Gasteiger partial charge >= 0.3 is 11.9 Å². The van der Waals surface area contributed by atoms with Gasteiger partial charge in [0.1, 0.15) is 19.3 Å². The van der Waals surface area contributed by atoms with Crippen molar-refractivity contribution in [3.63, 3.8) is 0 Å². The Bertz CT molecular complexity index is 1300. The Balaban J connectivity index is 1.43. The molecule has 2 atom stereocenters. The first-order chi connectivity index (χ1) is 18.3. The number of nitrogens with one attached hydrogen (secondary N) is 2. The number of methoxy groups -OCH3 is 1. The van der Waals surface area contributed by atoms with E-state index in [9.17, 15) is 19.7 Å². The number of carbonyl (C=O) groups excluding carboxylic acids is 2. The smallest absolute Gasteiger partial charge is 0.336 e. The molecule has 2 heterocycles. The van der Waals surface area contributed by atoms with Crippen molar-refractivity contribution < 1.29 is 33.5 Å². The van der Waals surface area contributed by atoms with Crippen LogP contribution in [0.4, 0.5) is 5.69 Å². The highest BCUT2D eigenvalue weighted by Crippen LogP contribution is 2.40. The molecule has 0 aliphatic carbocycles. The van der Waals surface area contributed by atoms with Crippen LogP contribution in [0.25, 0.3) is 0 Å². The molecule has 11 nitrogen and oxygen atoms in total. The molecule has 0 bridgehead atoms. The summed E-state index contributed by atoms with van der Waals surface area (Å²) in [6, 6.07) is 13.3. The van der Waals surface area contributed by atoms with Crippen molar-refractivity contribution >= 4 is 17.6 Å². The monoisotopic (exact) mass is 523 g/mol. The second kappa shape index (κ2) is 11.8. The van der Waals surface area contributed by atoms with Crippen LogP contribution in [0.2, 0.25) is 0 Å². The molecule has 2 unspecified atom stereocenters. The molecule has 0 fully saturated rings. The fourth-order valence-electron chi connectivity index (χ4n) is 4.52. The van der Waals surface area contributed by atoms with Gasteiger partial charge in [-0.15, -0.1) is 0 Å². The molecule has 0 saturated carbocycles. The minimum Gasteiger partial charge on any atom is -0.486 e. The van der Waals surface area contributed by atoms with Gasteiger partial charge in [-0.1, -0.05) is 24.3 Å². The van der Waals surface area contributed by atoms with Gasteiger partial charge in [-0.25, -0.2) is 9.59 Å². The number of fused-ring (bicyclic) bond motifs is 1. The van der Waals surface area contributed by atoms with Gasteiger partial charge in [0.2, 0.25) is 0 Å². The summed E-state index contributed by atoms with van der Waals surface area (Å²) in [5.41, 5.74) is 1.57. The van der Waals surface area contributed by atoms with E-state index in [2.05, 4.69) is 10.6 Å². The van der Waals surface area contributed by atoms with E-state index in [1.54, 1.807) is 19.9 Å². The van der Waals surface area contributed by atoms with Gasteiger partial charge in [0.05, 0.1) is 29.1 Å². The van der Waals surface area contributed by atoms with Crippen LogP contribution in [0.1, 0.15) is 25.3 Å². The predicted molar refractivity (Wildman–Crippen MR) is 137 cm³/mol. The van der Waals surface area contributed by atoms with Crippen molar-refractivity contribution in [2.75, 3.05) is 33.4 Å². The minimum atomic E-state index is -0.906. The van der Waals surface area contributed by atoms with E-state index >= 15 is 0 Å². The van der Waals surface area contributed by atoms with E-state index in [1.807, 2.05) is 24.3 Å². The lowest BCUT2D eigenvalue weighted by Crippen LogP contribution is -2.39. The molecule has 2 aliphatic heterocycles. The summed E-state index contributed by atoms with van der Waals surface area (Å²) in [7, 11) is 1.24. The first-order valence-electron chi connectivity index (χ1n) is 12.1. The van der Waals surface area contributed by atoms with Gasteiger partial charge in [-0.3, -0.25) is 10.1 Å². The summed E-state index contributed by atoms with van der Waals surface area (Å²) in [5, 5.41) is 17.6. The SMILES string of the molecule is COC(=O)C1=C(C)NC(C)=C(C(=O)OCCNCC2COc3ccccc3O2)C1c1cccc([N+](=O)[O-])c1. The summed E-state index contributed by atoms with van der Waals surface area (Å²) in [5.74, 6) is -0.815. The van der Waals surface area contributed by atoms with Crippen LogP contribution in [-0.2, 0) is 19.1 Å². The maximum atomic E-state index is 13.3. The Hall–Kier alpha value is -4.38. The van der Waals surface area contributed by atoms with E-state index in [-0.39, 0.29) is 29.5 Å². The van der Waals surface area contributed by atoms with Crippen molar-refractivity contribution in [1.29, 1.82) is 0 Å². The molecule has 4 rings (SSSR count). The molecule has 0 radical (unpaired) electrons. The molecule has 11 heteroatoms. The topological polar surface area (TPSA) is 138 Å². The number of ether oxygens (including phenoxy) is 4. The summed E-state index contributed by atoms with van der Waals surface area (Å²) >= 11 is 0. The van der Waals surface area contributed by atoms with Crippen molar-refractivity contribution in [1.82, 2.24) is 10.6 Å². The fourth-order valence-corrected chi connectivity index (χ4v) is 4.52. The second-order valence-electron chi connectivity index (χ2n) is 8.82. The Labute approximate surface area is 219 Å². The molecule has 38 heavy (non-hydrogen) atoms. The zero-order valence-corrected chi connectivity index (χ0v) is 21.3. The molecule has 2 N–H and O–H groups in total. The maximum absolute atomic E-state index is 13.3. The first-order valence-corrected chi connectivity index (χ1v) is 12.1. The molecule has 0 amide bonds. The zero-order valence-electron chi connectivity index (χ0n) is 21.3. The quantitative estimate of drug-likeness (QED) is 0.218. The summed E-state index contributed by atoms with van der Waals surface area (Å²) in [4.78, 5) is 36.9. The number of allylic oxidation sites excluding steroid dienone is 2. The van der Waals surface area contributed by atoms with Crippen LogP contribution in [0.15, 0.2) is 71.1 Å². The van der Waals surface area contributed by atoms with E-state index in [0.717, 1.165) is 0 Å². The number of hydrogen-bond donors (Lipinski definition) is 2. The number of carbonyl (C=O) groups is 2. The lowest BCUT2D eigenvalue weighted by molar-refractivity contribution is -0.384. The van der Waals surface area contributed by atoms with Crippen LogP contribution >= 0.6 is 0 Å². The highest BCUT2D eigenvalue weighted by molar-refractivity contribution is 5.99. The minimum absolute atomic E-state index is 0.0533. The number of benzene rings is 2. The molecule has 0 aromatic heterocycles. The molecule has 0 saturated heterocycles. The average molecular weight is 524 g/mol. The molecule has 200 valence electrons. The van der Waals surface area contributed by atoms with Crippen molar-refractivity contribution in [3.8, 4) is 11.5 Å². The number of rotatable bonds is 9. The third-order valence-corrected chi connectivity index (χ3v) is 6.25. The van der Waals surface area contributed by atoms with Crippen LogP contribution < -0.4 is 20.1 Å². The van der Waals surface area contributed by atoms with Crippen LogP contribution in [-0.4, -0.2) is 56.4 Å². The highest BCUT2D eigenvalue weighted by atomic mass is 16.6. The number of non-ortho nitro benzene ring substituents is 1. The van der Waals surface area contributed by atoms with Gasteiger partial charge in [0.25, 0.3) is 5.69 Å². The Morgan fingerprint density at radius 3 is 2.50 bits per heavy atom. The van der Waals surface area contributed by atoms with Crippen molar-refractivity contribution in [2.24, 2.45) is 0 Å². The van der Waals surface area contributed by atoms with E-state index < -0.39 is 22.8 Å². The normalized spacial score (nSPS) is 18.5. The summed E-state index contributed by atoms with van der Waals surface area (Å²) in [6.07, 6.45) is -0.193. The molecular weight excluding hydrogens is 494 g/mol. The van der Waals surface area contributed by atoms with Crippen LogP contribution in [0.5, 0.6) is 11.5 Å². The standard InChI is InChI=1S/C27H29N3O8/c1-16-23(26(31)35-3)25(18-7-6-8-19(13-18)30(33)34)24(17(2)29-16)27(32)36-12-11-28-14-20-15-37-21-9-4-5-10-22(21)38-20/h4-10,13,20,25,28-29H,11-12,14-15H2,1-3H3. The molecule has 2 aliphatic rings. The van der Waals surface area contributed by atoms with Gasteiger partial charge in [0, 0.05) is 36.6 Å². The van der Waals surface area contributed by atoms with Gasteiger partial charge in [-0.05, 0) is 31.5 Å². The first kappa shape index (κ1) is 26.7. The number of nitro groups is 1.